The number of rotatable bonds is 5. The second-order valence-electron chi connectivity index (χ2n) is 6.85. The maximum absolute atomic E-state index is 13.0. The Hall–Kier alpha value is -3.94. The Bertz CT molecular complexity index is 1260. The Balaban J connectivity index is 1.71. The van der Waals surface area contributed by atoms with E-state index in [0.717, 1.165) is 5.69 Å². The van der Waals surface area contributed by atoms with E-state index >= 15 is 0 Å². The number of aromatic hydroxyl groups is 1. The zero-order valence-electron chi connectivity index (χ0n) is 16.7. The number of para-hydroxylation sites is 1. The van der Waals surface area contributed by atoms with Gasteiger partial charge in [-0.25, -0.2) is 14.8 Å². The number of anilines is 1. The summed E-state index contributed by atoms with van der Waals surface area (Å²) in [5, 5.41) is 9.47. The average Bonchev–Trinajstić information content (AvgIpc) is 3.00. The van der Waals surface area contributed by atoms with Gasteiger partial charge in [-0.15, -0.1) is 0 Å². The summed E-state index contributed by atoms with van der Waals surface area (Å²) < 4.78 is 2.80. The number of imidazole rings is 1. The van der Waals surface area contributed by atoms with Gasteiger partial charge < -0.3 is 10.0 Å². The summed E-state index contributed by atoms with van der Waals surface area (Å²) in [5.41, 5.74) is 2.09. The van der Waals surface area contributed by atoms with Gasteiger partial charge in [0, 0.05) is 24.8 Å². The number of nitrogens with zero attached hydrogens (tertiary/aromatic N) is 5. The third-order valence-electron chi connectivity index (χ3n) is 4.98. The van der Waals surface area contributed by atoms with Crippen LogP contribution in [0.1, 0.15) is 6.92 Å². The first kappa shape index (κ1) is 19.4. The Labute approximate surface area is 172 Å². The molecule has 0 saturated heterocycles. The summed E-state index contributed by atoms with van der Waals surface area (Å²) in [7, 11) is 1.62. The minimum atomic E-state index is -0.334. The minimum absolute atomic E-state index is 0.110. The number of likely N-dealkylation sites (N-methyl/N-ethyl adjacent to an activating group) is 1. The molecule has 4 aromatic rings. The molecule has 0 fully saturated rings. The van der Waals surface area contributed by atoms with Gasteiger partial charge in [0.2, 0.25) is 5.91 Å². The van der Waals surface area contributed by atoms with Crippen LogP contribution in [0, 0.1) is 0 Å². The molecule has 2 aromatic heterocycles. The molecule has 0 aliphatic rings. The quantitative estimate of drug-likeness (QED) is 0.553. The van der Waals surface area contributed by atoms with Crippen molar-refractivity contribution in [3.8, 4) is 17.1 Å². The van der Waals surface area contributed by atoms with Crippen LogP contribution in [0.15, 0.2) is 65.6 Å². The second-order valence-corrected chi connectivity index (χ2v) is 6.85. The molecule has 0 radical (unpaired) electrons. The van der Waals surface area contributed by atoms with Crippen LogP contribution in [-0.4, -0.2) is 36.7 Å². The highest BCUT2D eigenvalue weighted by Gasteiger charge is 2.20. The Morgan fingerprint density at radius 1 is 1.10 bits per heavy atom. The van der Waals surface area contributed by atoms with Crippen molar-refractivity contribution in [2.45, 2.75) is 13.5 Å². The van der Waals surface area contributed by atoms with Crippen molar-refractivity contribution in [2.24, 2.45) is 7.05 Å². The molecule has 30 heavy (non-hydrogen) atoms. The van der Waals surface area contributed by atoms with Crippen molar-refractivity contribution >= 4 is 22.8 Å². The fourth-order valence-corrected chi connectivity index (χ4v) is 3.41. The average molecular weight is 403 g/mol. The maximum atomic E-state index is 13.0. The lowest BCUT2D eigenvalue weighted by Gasteiger charge is -2.21. The van der Waals surface area contributed by atoms with Crippen molar-refractivity contribution in [2.75, 3.05) is 11.4 Å². The number of phenols is 1. The lowest BCUT2D eigenvalue weighted by molar-refractivity contribution is -0.119. The SMILES string of the molecule is CCN(C(=O)Cn1c(=O)n(C)c2nc(-c3ccc(O)cc3)ncc21)c1ccccc1. The molecule has 1 N–H and O–H groups in total. The van der Waals surface area contributed by atoms with Crippen LogP contribution >= 0.6 is 0 Å². The number of hydrogen-bond acceptors (Lipinski definition) is 5. The van der Waals surface area contributed by atoms with E-state index in [1.165, 1.54) is 9.13 Å². The monoisotopic (exact) mass is 403 g/mol. The molecule has 0 bridgehead atoms. The molecule has 0 atom stereocenters. The first-order chi connectivity index (χ1) is 14.5. The Kier molecular flexibility index (Phi) is 5.05. The van der Waals surface area contributed by atoms with Gasteiger partial charge in [0.05, 0.1) is 6.20 Å². The van der Waals surface area contributed by atoms with Crippen LogP contribution < -0.4 is 10.6 Å². The van der Waals surface area contributed by atoms with Crippen molar-refractivity contribution in [1.29, 1.82) is 0 Å². The molecule has 4 rings (SSSR count). The molecule has 8 nitrogen and oxygen atoms in total. The van der Waals surface area contributed by atoms with E-state index in [2.05, 4.69) is 9.97 Å². The van der Waals surface area contributed by atoms with E-state index in [9.17, 15) is 14.7 Å². The van der Waals surface area contributed by atoms with E-state index < -0.39 is 0 Å². The van der Waals surface area contributed by atoms with E-state index in [4.69, 9.17) is 0 Å². The molecule has 0 unspecified atom stereocenters. The summed E-state index contributed by atoms with van der Waals surface area (Å²) in [5.74, 6) is 0.387. The van der Waals surface area contributed by atoms with Crippen molar-refractivity contribution in [3.63, 3.8) is 0 Å². The summed E-state index contributed by atoms with van der Waals surface area (Å²) in [4.78, 5) is 36.3. The largest absolute Gasteiger partial charge is 0.508 e. The van der Waals surface area contributed by atoms with Gasteiger partial charge in [0.25, 0.3) is 0 Å². The van der Waals surface area contributed by atoms with Crippen LogP contribution in [0.5, 0.6) is 5.75 Å². The smallest absolute Gasteiger partial charge is 0.330 e. The lowest BCUT2D eigenvalue weighted by atomic mass is 10.2. The van der Waals surface area contributed by atoms with Crippen molar-refractivity contribution in [3.05, 3.63) is 71.3 Å². The molecule has 0 spiro atoms. The number of fused-ring (bicyclic) bond motifs is 1. The molecule has 2 aromatic carbocycles. The maximum Gasteiger partial charge on any atom is 0.330 e. The molecular weight excluding hydrogens is 382 g/mol. The number of phenolic OH excluding ortho intramolecular Hbond substituents is 1. The Morgan fingerprint density at radius 2 is 1.80 bits per heavy atom. The van der Waals surface area contributed by atoms with Crippen LogP contribution in [0.2, 0.25) is 0 Å². The molecule has 0 aliphatic carbocycles. The zero-order valence-corrected chi connectivity index (χ0v) is 16.7. The number of benzene rings is 2. The van der Waals surface area contributed by atoms with E-state index in [1.54, 1.807) is 42.4 Å². The number of aryl methyl sites for hydroxylation is 1. The van der Waals surface area contributed by atoms with Gasteiger partial charge in [-0.1, -0.05) is 18.2 Å². The highest BCUT2D eigenvalue weighted by atomic mass is 16.3. The zero-order chi connectivity index (χ0) is 21.3. The van der Waals surface area contributed by atoms with Crippen LogP contribution in [-0.2, 0) is 18.4 Å². The fraction of sp³-hybridized carbons (Fsp3) is 0.182. The molecule has 0 saturated carbocycles. The predicted octanol–water partition coefficient (Wildman–Crippen LogP) is 2.56. The summed E-state index contributed by atoms with van der Waals surface area (Å²) >= 11 is 0. The first-order valence-electron chi connectivity index (χ1n) is 9.56. The summed E-state index contributed by atoms with van der Waals surface area (Å²) in [6, 6.07) is 15.9. The summed E-state index contributed by atoms with van der Waals surface area (Å²) in [6.45, 7) is 2.27. The third kappa shape index (κ3) is 3.43. The third-order valence-corrected chi connectivity index (χ3v) is 4.98. The number of carbonyl (C=O) groups excluding carboxylic acids is 1. The fourth-order valence-electron chi connectivity index (χ4n) is 3.41. The van der Waals surface area contributed by atoms with Gasteiger partial charge >= 0.3 is 5.69 Å². The normalized spacial score (nSPS) is 11.0. The van der Waals surface area contributed by atoms with Crippen LogP contribution in [0.4, 0.5) is 5.69 Å². The van der Waals surface area contributed by atoms with Gasteiger partial charge in [-0.2, -0.15) is 0 Å². The summed E-state index contributed by atoms with van der Waals surface area (Å²) in [6.07, 6.45) is 1.55. The Morgan fingerprint density at radius 3 is 2.47 bits per heavy atom. The topological polar surface area (TPSA) is 93.2 Å². The molecule has 2 heterocycles. The highest BCUT2D eigenvalue weighted by Crippen LogP contribution is 2.21. The highest BCUT2D eigenvalue weighted by molar-refractivity contribution is 5.93. The lowest BCUT2D eigenvalue weighted by Crippen LogP contribution is -2.36. The first-order valence-corrected chi connectivity index (χ1v) is 9.56. The molecule has 152 valence electrons. The molecule has 8 heteroatoms. The van der Waals surface area contributed by atoms with E-state index in [0.29, 0.717) is 29.1 Å². The van der Waals surface area contributed by atoms with Gasteiger partial charge in [0.1, 0.15) is 17.8 Å². The number of aromatic nitrogens is 4. The van der Waals surface area contributed by atoms with Crippen LogP contribution in [0.25, 0.3) is 22.6 Å². The standard InChI is InChI=1S/C22H21N5O3/c1-3-26(16-7-5-4-6-8-16)19(29)14-27-18-13-23-20(15-9-11-17(28)12-10-15)24-21(18)25(2)22(27)30/h4-13,28H,3,14H2,1-2H3. The predicted molar refractivity (Wildman–Crippen MR) is 114 cm³/mol. The van der Waals surface area contributed by atoms with Gasteiger partial charge in [0.15, 0.2) is 11.5 Å². The van der Waals surface area contributed by atoms with Gasteiger partial charge in [-0.3, -0.25) is 13.9 Å². The molecular formula is C22H21N5O3. The van der Waals surface area contributed by atoms with Crippen LogP contribution in [0.3, 0.4) is 0 Å². The number of carbonyl (C=O) groups is 1. The molecule has 0 aliphatic heterocycles. The van der Waals surface area contributed by atoms with Crippen molar-refractivity contribution in [1.82, 2.24) is 19.1 Å². The second kappa shape index (κ2) is 7.82. The minimum Gasteiger partial charge on any atom is -0.508 e. The number of amides is 1. The van der Waals surface area contributed by atoms with E-state index in [-0.39, 0.29) is 23.9 Å². The molecule has 1 amide bonds. The van der Waals surface area contributed by atoms with E-state index in [1.807, 2.05) is 37.3 Å². The number of hydrogen-bond donors (Lipinski definition) is 1. The van der Waals surface area contributed by atoms with Crippen molar-refractivity contribution < 1.29 is 9.90 Å². The van der Waals surface area contributed by atoms with Gasteiger partial charge in [-0.05, 0) is 43.3 Å².